The number of carbonyl (C=O) groups excluding carboxylic acids is 1. The van der Waals surface area contributed by atoms with E-state index < -0.39 is 0 Å². The third kappa shape index (κ3) is 5.18. The number of methoxy groups -OCH3 is 1. The summed E-state index contributed by atoms with van der Waals surface area (Å²) in [6.45, 7) is 2.52. The van der Waals surface area contributed by atoms with Crippen molar-refractivity contribution >= 4 is 11.7 Å². The molecule has 0 aliphatic carbocycles. The number of hydrogen-bond donors (Lipinski definition) is 1. The summed E-state index contributed by atoms with van der Waals surface area (Å²) < 4.78 is 5.13. The molecule has 1 atom stereocenters. The molecule has 1 amide bonds. The van der Waals surface area contributed by atoms with E-state index in [1.807, 2.05) is 11.0 Å². The summed E-state index contributed by atoms with van der Waals surface area (Å²) in [5.41, 5.74) is 2.10. The largest absolute Gasteiger partial charge is 0.383 e. The van der Waals surface area contributed by atoms with Gasteiger partial charge in [-0.2, -0.15) is 0 Å². The molecule has 1 fully saturated rings. The molecule has 4 heterocycles. The molecular formula is C22H25N7O2. The van der Waals surface area contributed by atoms with Crippen LogP contribution in [-0.4, -0.2) is 69.1 Å². The van der Waals surface area contributed by atoms with Crippen LogP contribution in [0.3, 0.4) is 0 Å². The molecule has 160 valence electrons. The lowest BCUT2D eigenvalue weighted by Crippen LogP contribution is -2.39. The summed E-state index contributed by atoms with van der Waals surface area (Å²) in [6, 6.07) is 5.54. The zero-order chi connectivity index (χ0) is 21.5. The number of piperidine rings is 1. The summed E-state index contributed by atoms with van der Waals surface area (Å²) in [5, 5.41) is 3.28. The maximum absolute atomic E-state index is 12.9. The van der Waals surface area contributed by atoms with E-state index >= 15 is 0 Å². The second-order valence-corrected chi connectivity index (χ2v) is 7.34. The van der Waals surface area contributed by atoms with E-state index in [1.54, 1.807) is 50.2 Å². The summed E-state index contributed by atoms with van der Waals surface area (Å²) in [5.74, 6) is 1.33. The van der Waals surface area contributed by atoms with Crippen LogP contribution in [0.2, 0.25) is 0 Å². The van der Waals surface area contributed by atoms with Gasteiger partial charge < -0.3 is 15.0 Å². The number of likely N-dealkylation sites (tertiary alicyclic amines) is 1. The predicted octanol–water partition coefficient (Wildman–Crippen LogP) is 2.41. The monoisotopic (exact) mass is 419 g/mol. The van der Waals surface area contributed by atoms with E-state index in [0.717, 1.165) is 25.1 Å². The van der Waals surface area contributed by atoms with Crippen molar-refractivity contribution in [1.82, 2.24) is 29.8 Å². The highest BCUT2D eigenvalue weighted by Gasteiger charge is 2.27. The first kappa shape index (κ1) is 20.8. The number of anilines is 1. The van der Waals surface area contributed by atoms with E-state index in [2.05, 4.69) is 25.3 Å². The molecule has 3 aromatic heterocycles. The summed E-state index contributed by atoms with van der Waals surface area (Å²) in [4.78, 5) is 36.7. The van der Waals surface area contributed by atoms with Gasteiger partial charge >= 0.3 is 0 Å². The van der Waals surface area contributed by atoms with Crippen LogP contribution in [0, 0.1) is 0 Å². The lowest BCUT2D eigenvalue weighted by atomic mass is 9.94. The zero-order valence-electron chi connectivity index (χ0n) is 17.4. The molecular weight excluding hydrogens is 394 g/mol. The summed E-state index contributed by atoms with van der Waals surface area (Å²) in [7, 11) is 1.66. The fourth-order valence-corrected chi connectivity index (χ4v) is 3.65. The number of amides is 1. The molecule has 4 rings (SSSR count). The molecule has 0 spiro atoms. The zero-order valence-corrected chi connectivity index (χ0v) is 17.4. The van der Waals surface area contributed by atoms with Gasteiger partial charge in [-0.15, -0.1) is 0 Å². The Morgan fingerprint density at radius 3 is 2.90 bits per heavy atom. The van der Waals surface area contributed by atoms with Crippen molar-refractivity contribution in [2.45, 2.75) is 18.8 Å². The molecule has 0 aromatic carbocycles. The van der Waals surface area contributed by atoms with E-state index in [-0.39, 0.29) is 11.8 Å². The standard InChI is InChI=1S/C22H25N7O2/c1-31-11-9-26-20-12-18(27-21(28-20)19-14-24-7-8-25-19)17-5-3-10-29(15-17)22(30)16-4-2-6-23-13-16/h2,4,6-8,12-14,17H,3,5,9-11,15H2,1H3,(H,26,27,28)/t17-/m1/s1. The van der Waals surface area contributed by atoms with Crippen LogP contribution in [0.15, 0.2) is 49.2 Å². The summed E-state index contributed by atoms with van der Waals surface area (Å²) >= 11 is 0. The summed E-state index contributed by atoms with van der Waals surface area (Å²) in [6.07, 6.45) is 10.0. The number of rotatable bonds is 7. The van der Waals surface area contributed by atoms with Gasteiger partial charge in [0.25, 0.3) is 5.91 Å². The van der Waals surface area contributed by atoms with Gasteiger partial charge in [0.15, 0.2) is 5.82 Å². The Morgan fingerprint density at radius 2 is 2.13 bits per heavy atom. The van der Waals surface area contributed by atoms with Crippen molar-refractivity contribution in [2.24, 2.45) is 0 Å². The van der Waals surface area contributed by atoms with Crippen molar-refractivity contribution in [3.05, 3.63) is 60.4 Å². The average Bonchev–Trinajstić information content (AvgIpc) is 2.85. The molecule has 9 heteroatoms. The maximum Gasteiger partial charge on any atom is 0.255 e. The second kappa shape index (κ2) is 10.0. The third-order valence-electron chi connectivity index (χ3n) is 5.19. The van der Waals surface area contributed by atoms with Gasteiger partial charge in [-0.05, 0) is 25.0 Å². The Hall–Kier alpha value is -3.46. The maximum atomic E-state index is 12.9. The van der Waals surface area contributed by atoms with E-state index in [9.17, 15) is 4.79 Å². The van der Waals surface area contributed by atoms with Crippen molar-refractivity contribution in [3.8, 4) is 11.5 Å². The van der Waals surface area contributed by atoms with E-state index in [1.165, 1.54) is 0 Å². The predicted molar refractivity (Wildman–Crippen MR) is 116 cm³/mol. The molecule has 1 saturated heterocycles. The quantitative estimate of drug-likeness (QED) is 0.582. The number of pyridine rings is 1. The van der Waals surface area contributed by atoms with Gasteiger partial charge in [0.05, 0.1) is 24.1 Å². The number of nitrogens with one attached hydrogen (secondary N) is 1. The highest BCUT2D eigenvalue weighted by atomic mass is 16.5. The minimum absolute atomic E-state index is 0.000511. The number of ether oxygens (including phenoxy) is 1. The van der Waals surface area contributed by atoms with Crippen LogP contribution in [0.25, 0.3) is 11.5 Å². The van der Waals surface area contributed by atoms with Crippen LogP contribution in [0.5, 0.6) is 0 Å². The molecule has 9 nitrogen and oxygen atoms in total. The van der Waals surface area contributed by atoms with Crippen molar-refractivity contribution in [2.75, 3.05) is 38.7 Å². The Kier molecular flexibility index (Phi) is 6.73. The van der Waals surface area contributed by atoms with Crippen LogP contribution >= 0.6 is 0 Å². The average molecular weight is 419 g/mol. The highest BCUT2D eigenvalue weighted by molar-refractivity contribution is 5.94. The molecule has 31 heavy (non-hydrogen) atoms. The second-order valence-electron chi connectivity index (χ2n) is 7.34. The number of nitrogens with zero attached hydrogens (tertiary/aromatic N) is 6. The van der Waals surface area contributed by atoms with Crippen LogP contribution < -0.4 is 5.32 Å². The van der Waals surface area contributed by atoms with Crippen molar-refractivity contribution < 1.29 is 9.53 Å². The van der Waals surface area contributed by atoms with Crippen LogP contribution in [0.1, 0.15) is 34.8 Å². The Balaban J connectivity index is 1.59. The fourth-order valence-electron chi connectivity index (χ4n) is 3.65. The normalized spacial score (nSPS) is 16.2. The molecule has 0 saturated carbocycles. The van der Waals surface area contributed by atoms with Gasteiger partial charge in [-0.1, -0.05) is 0 Å². The molecule has 0 unspecified atom stereocenters. The Labute approximate surface area is 181 Å². The van der Waals surface area contributed by atoms with E-state index in [4.69, 9.17) is 9.72 Å². The first-order valence-electron chi connectivity index (χ1n) is 10.3. The number of aromatic nitrogens is 5. The minimum atomic E-state index is -0.000511. The van der Waals surface area contributed by atoms with Gasteiger partial charge in [0.2, 0.25) is 0 Å². The number of carbonyl (C=O) groups is 1. The SMILES string of the molecule is COCCNc1cc([C@@H]2CCCN(C(=O)c3cccnc3)C2)nc(-c2cnccn2)n1. The molecule has 1 aliphatic rings. The van der Waals surface area contributed by atoms with Crippen molar-refractivity contribution in [1.29, 1.82) is 0 Å². The molecule has 0 radical (unpaired) electrons. The lowest BCUT2D eigenvalue weighted by molar-refractivity contribution is 0.0705. The molecule has 0 bridgehead atoms. The van der Waals surface area contributed by atoms with Gasteiger partial charge in [0, 0.05) is 63.5 Å². The molecule has 1 N–H and O–H groups in total. The van der Waals surface area contributed by atoms with Crippen LogP contribution in [-0.2, 0) is 4.74 Å². The third-order valence-corrected chi connectivity index (χ3v) is 5.19. The van der Waals surface area contributed by atoms with E-state index in [0.29, 0.717) is 42.6 Å². The lowest BCUT2D eigenvalue weighted by Gasteiger charge is -2.32. The Bertz CT molecular complexity index is 1000. The van der Waals surface area contributed by atoms with Gasteiger partial charge in [-0.25, -0.2) is 15.0 Å². The molecule has 3 aromatic rings. The number of hydrogen-bond acceptors (Lipinski definition) is 8. The topological polar surface area (TPSA) is 106 Å². The van der Waals surface area contributed by atoms with Gasteiger partial charge in [-0.3, -0.25) is 14.8 Å². The fraction of sp³-hybridized carbons (Fsp3) is 0.364. The van der Waals surface area contributed by atoms with Crippen molar-refractivity contribution in [3.63, 3.8) is 0 Å². The van der Waals surface area contributed by atoms with Gasteiger partial charge in [0.1, 0.15) is 11.5 Å². The smallest absolute Gasteiger partial charge is 0.255 e. The first-order valence-corrected chi connectivity index (χ1v) is 10.3. The first-order chi connectivity index (χ1) is 15.2. The molecule has 1 aliphatic heterocycles. The highest BCUT2D eigenvalue weighted by Crippen LogP contribution is 2.29. The van der Waals surface area contributed by atoms with Crippen LogP contribution in [0.4, 0.5) is 5.82 Å². The minimum Gasteiger partial charge on any atom is -0.383 e. The Morgan fingerprint density at radius 1 is 1.23 bits per heavy atom.